The van der Waals surface area contributed by atoms with Crippen molar-refractivity contribution in [1.29, 1.82) is 0 Å². The van der Waals surface area contributed by atoms with Gasteiger partial charge in [-0.25, -0.2) is 0 Å². The van der Waals surface area contributed by atoms with Crippen LogP contribution in [0.25, 0.3) is 0 Å². The summed E-state index contributed by atoms with van der Waals surface area (Å²) < 4.78 is 0. The molecule has 0 aliphatic carbocycles. The molecule has 1 heterocycles. The molecule has 19 heavy (non-hydrogen) atoms. The minimum atomic E-state index is -1.33. The lowest BCUT2D eigenvalue weighted by atomic mass is 9.91. The Bertz CT molecular complexity index is 334. The third-order valence-electron chi connectivity index (χ3n) is 3.59. The molecular formula is C13H25N3O3. The van der Waals surface area contributed by atoms with Gasteiger partial charge in [-0.3, -0.25) is 14.5 Å². The third-order valence-corrected chi connectivity index (χ3v) is 3.59. The number of carboxylic acids is 1. The number of carboxylic acid groups (broad SMARTS) is 1. The van der Waals surface area contributed by atoms with E-state index < -0.39 is 11.4 Å². The smallest absolute Gasteiger partial charge is 0.318 e. The van der Waals surface area contributed by atoms with Gasteiger partial charge in [0.25, 0.3) is 0 Å². The lowest BCUT2D eigenvalue weighted by molar-refractivity contribution is -0.159. The number of nitrogens with zero attached hydrogens (tertiary/aromatic N) is 3. The number of hydrogen-bond donors (Lipinski definition) is 1. The van der Waals surface area contributed by atoms with Crippen molar-refractivity contribution in [3.63, 3.8) is 0 Å². The molecule has 0 spiro atoms. The summed E-state index contributed by atoms with van der Waals surface area (Å²) in [5, 5.41) is 9.08. The highest BCUT2D eigenvalue weighted by molar-refractivity contribution is 6.01. The first-order chi connectivity index (χ1) is 8.75. The fraction of sp³-hybridized carbons (Fsp3) is 0.846. The van der Waals surface area contributed by atoms with E-state index in [1.165, 1.54) is 13.8 Å². The van der Waals surface area contributed by atoms with Crippen LogP contribution in [-0.2, 0) is 9.59 Å². The second-order valence-corrected chi connectivity index (χ2v) is 5.87. The molecule has 0 bridgehead atoms. The maximum atomic E-state index is 12.2. The molecule has 0 aromatic rings. The lowest BCUT2D eigenvalue weighted by Gasteiger charge is -2.37. The fourth-order valence-electron chi connectivity index (χ4n) is 2.00. The van der Waals surface area contributed by atoms with Gasteiger partial charge in [-0.2, -0.15) is 0 Å². The molecule has 1 saturated heterocycles. The van der Waals surface area contributed by atoms with Crippen LogP contribution in [0, 0.1) is 5.41 Å². The molecule has 0 aromatic heterocycles. The van der Waals surface area contributed by atoms with Gasteiger partial charge in [0, 0.05) is 39.3 Å². The fourth-order valence-corrected chi connectivity index (χ4v) is 2.00. The molecule has 1 N–H and O–H groups in total. The van der Waals surface area contributed by atoms with Crippen LogP contribution in [-0.4, -0.2) is 85.0 Å². The molecule has 1 fully saturated rings. The number of carbonyl (C=O) groups excluding carboxylic acids is 1. The molecule has 0 unspecified atom stereocenters. The zero-order valence-electron chi connectivity index (χ0n) is 12.3. The van der Waals surface area contributed by atoms with E-state index in [2.05, 4.69) is 9.80 Å². The van der Waals surface area contributed by atoms with Crippen LogP contribution in [0.3, 0.4) is 0 Å². The van der Waals surface area contributed by atoms with Crippen LogP contribution in [0.2, 0.25) is 0 Å². The highest BCUT2D eigenvalue weighted by atomic mass is 16.4. The Balaban J connectivity index is 2.46. The summed E-state index contributed by atoms with van der Waals surface area (Å²) in [5.74, 6) is -1.35. The van der Waals surface area contributed by atoms with Crippen LogP contribution in [0.4, 0.5) is 0 Å². The average molecular weight is 271 g/mol. The molecule has 6 nitrogen and oxygen atoms in total. The molecule has 1 aliphatic heterocycles. The van der Waals surface area contributed by atoms with Gasteiger partial charge in [-0.1, -0.05) is 0 Å². The molecule has 0 saturated carbocycles. The number of likely N-dealkylation sites (N-methyl/N-ethyl adjacent to an activating group) is 1. The summed E-state index contributed by atoms with van der Waals surface area (Å²) in [6, 6.07) is 0. The van der Waals surface area contributed by atoms with E-state index in [1.807, 2.05) is 14.1 Å². The largest absolute Gasteiger partial charge is 0.480 e. The van der Waals surface area contributed by atoms with Gasteiger partial charge in [0.15, 0.2) is 0 Å². The highest BCUT2D eigenvalue weighted by Crippen LogP contribution is 2.20. The van der Waals surface area contributed by atoms with Crippen molar-refractivity contribution >= 4 is 11.9 Å². The summed E-state index contributed by atoms with van der Waals surface area (Å²) in [6.45, 7) is 7.77. The van der Waals surface area contributed by atoms with E-state index in [4.69, 9.17) is 5.11 Å². The van der Waals surface area contributed by atoms with Crippen molar-refractivity contribution in [2.45, 2.75) is 13.8 Å². The van der Waals surface area contributed by atoms with Gasteiger partial charge in [-0.15, -0.1) is 0 Å². The van der Waals surface area contributed by atoms with Crippen molar-refractivity contribution in [3.05, 3.63) is 0 Å². The normalized spacial score (nSPS) is 17.8. The molecule has 6 heteroatoms. The first-order valence-corrected chi connectivity index (χ1v) is 6.65. The number of aliphatic carboxylic acids is 1. The molecule has 1 aliphatic rings. The minimum absolute atomic E-state index is 0.285. The Labute approximate surface area is 115 Å². The number of rotatable bonds is 5. The van der Waals surface area contributed by atoms with Crippen LogP contribution in [0.5, 0.6) is 0 Å². The van der Waals surface area contributed by atoms with Crippen molar-refractivity contribution in [2.24, 2.45) is 5.41 Å². The first-order valence-electron chi connectivity index (χ1n) is 6.65. The van der Waals surface area contributed by atoms with Crippen LogP contribution in [0.15, 0.2) is 0 Å². The number of amides is 1. The topological polar surface area (TPSA) is 64.1 Å². The van der Waals surface area contributed by atoms with Crippen molar-refractivity contribution < 1.29 is 14.7 Å². The first kappa shape index (κ1) is 15.9. The van der Waals surface area contributed by atoms with Crippen LogP contribution >= 0.6 is 0 Å². The molecule has 0 radical (unpaired) electrons. The maximum Gasteiger partial charge on any atom is 0.318 e. The SMILES string of the molecule is CN(C)CCN1CCN(C(=O)C(C)(C)C(=O)O)CC1. The van der Waals surface area contributed by atoms with Gasteiger partial charge in [0.2, 0.25) is 5.91 Å². The third kappa shape index (κ3) is 4.18. The Morgan fingerprint density at radius 3 is 2.11 bits per heavy atom. The average Bonchev–Trinajstić information content (AvgIpc) is 2.35. The molecule has 1 rings (SSSR count). The van der Waals surface area contributed by atoms with Crippen molar-refractivity contribution in [2.75, 3.05) is 53.4 Å². The molecule has 110 valence electrons. The second kappa shape index (κ2) is 6.34. The Hall–Kier alpha value is -1.14. The zero-order valence-corrected chi connectivity index (χ0v) is 12.3. The Kier molecular flexibility index (Phi) is 5.31. The summed E-state index contributed by atoms with van der Waals surface area (Å²) in [5.41, 5.74) is -1.33. The van der Waals surface area contributed by atoms with Gasteiger partial charge in [-0.05, 0) is 27.9 Å². The molecule has 0 aromatic carbocycles. The summed E-state index contributed by atoms with van der Waals surface area (Å²) >= 11 is 0. The van der Waals surface area contributed by atoms with Gasteiger partial charge >= 0.3 is 5.97 Å². The summed E-state index contributed by atoms with van der Waals surface area (Å²) in [6.07, 6.45) is 0. The molecule has 0 atom stereocenters. The maximum absolute atomic E-state index is 12.2. The van der Waals surface area contributed by atoms with Gasteiger partial charge < -0.3 is 14.9 Å². The van der Waals surface area contributed by atoms with Crippen molar-refractivity contribution in [3.8, 4) is 0 Å². The summed E-state index contributed by atoms with van der Waals surface area (Å²) in [4.78, 5) is 29.3. The van der Waals surface area contributed by atoms with E-state index in [9.17, 15) is 9.59 Å². The van der Waals surface area contributed by atoms with Gasteiger partial charge in [0.1, 0.15) is 5.41 Å². The van der Waals surface area contributed by atoms with Gasteiger partial charge in [0.05, 0.1) is 0 Å². The molecule has 1 amide bonds. The molecular weight excluding hydrogens is 246 g/mol. The predicted octanol–water partition coefficient (Wildman–Crippen LogP) is -0.197. The summed E-state index contributed by atoms with van der Waals surface area (Å²) in [7, 11) is 4.07. The van der Waals surface area contributed by atoms with E-state index >= 15 is 0 Å². The number of hydrogen-bond acceptors (Lipinski definition) is 4. The van der Waals surface area contributed by atoms with E-state index in [-0.39, 0.29) is 5.91 Å². The van der Waals surface area contributed by atoms with Crippen LogP contribution < -0.4 is 0 Å². The Morgan fingerprint density at radius 1 is 1.16 bits per heavy atom. The monoisotopic (exact) mass is 271 g/mol. The number of carbonyl (C=O) groups is 2. The number of piperazine rings is 1. The Morgan fingerprint density at radius 2 is 1.68 bits per heavy atom. The highest BCUT2D eigenvalue weighted by Gasteiger charge is 2.39. The van der Waals surface area contributed by atoms with E-state index in [0.717, 1.165) is 26.2 Å². The second-order valence-electron chi connectivity index (χ2n) is 5.87. The zero-order chi connectivity index (χ0) is 14.6. The van der Waals surface area contributed by atoms with E-state index in [1.54, 1.807) is 4.90 Å². The minimum Gasteiger partial charge on any atom is -0.480 e. The quantitative estimate of drug-likeness (QED) is 0.702. The predicted molar refractivity (Wildman–Crippen MR) is 73.0 cm³/mol. The van der Waals surface area contributed by atoms with E-state index in [0.29, 0.717) is 13.1 Å². The standard InChI is InChI=1S/C13H25N3O3/c1-13(2,12(18)19)11(17)16-9-7-15(8-10-16)6-5-14(3)4/h5-10H2,1-4H3,(H,18,19). The lowest BCUT2D eigenvalue weighted by Crippen LogP contribution is -2.54. The van der Waals surface area contributed by atoms with Crippen LogP contribution in [0.1, 0.15) is 13.8 Å². The van der Waals surface area contributed by atoms with Crippen molar-refractivity contribution in [1.82, 2.24) is 14.7 Å².